The van der Waals surface area contributed by atoms with Gasteiger partial charge in [0.15, 0.2) is 6.10 Å². The summed E-state index contributed by atoms with van der Waals surface area (Å²) in [4.78, 5) is 111. The number of halogens is 1. The Morgan fingerprint density at radius 3 is 2.31 bits per heavy atom. The number of hydrogen-bond donors (Lipinski definition) is 6. The van der Waals surface area contributed by atoms with Gasteiger partial charge in [-0.1, -0.05) is 81.2 Å². The third kappa shape index (κ3) is 21.0. The molecule has 1 saturated heterocycles. The molecular formula is C48H74FN9O10S3. The molecule has 1 fully saturated rings. The number of carbonyl (C=O) groups excluding carboxylic acids is 8. The fourth-order valence-corrected chi connectivity index (χ4v) is 10.6. The first-order chi connectivity index (χ1) is 33.6. The van der Waals surface area contributed by atoms with Crippen LogP contribution in [0, 0.1) is 23.6 Å². The van der Waals surface area contributed by atoms with Crippen LogP contribution >= 0.6 is 32.9 Å². The van der Waals surface area contributed by atoms with Gasteiger partial charge in [-0.05, 0) is 75.7 Å². The summed E-state index contributed by atoms with van der Waals surface area (Å²) in [6.45, 7) is 13.1. The van der Waals surface area contributed by atoms with Crippen LogP contribution in [0.1, 0.15) is 121 Å². The molecule has 1 aromatic heterocycles. The number of Topliss-reactive ketones (excluding diaryl/α,β-unsaturated/α-hetero) is 1. The molecule has 1 aliphatic heterocycles. The SMILES string of the molecule is CCC(C)[C@H](NC(=O)[C@H]1CCCCN1C)C(=O)N(C)[C@H](C[C@@H](OC(C)=O)c1nc(C(=O)N[C@@H](Cc2ccc(F)cc2)C[C@H](C)C(=O)NNC(=O)OCCSSC[C@H](N)C(=O)NCCC(C)=O)cs1)C(C)C. The van der Waals surface area contributed by atoms with Crippen LogP contribution in [0.25, 0.3) is 0 Å². The molecule has 1 unspecified atom stereocenters. The Bertz CT molecular complexity index is 2080. The first-order valence-corrected chi connectivity index (χ1v) is 27.4. The number of rotatable bonds is 28. The maximum absolute atomic E-state index is 14.3. The molecule has 7 N–H and O–H groups in total. The molecule has 3 rings (SSSR count). The maximum atomic E-state index is 14.3. The summed E-state index contributed by atoms with van der Waals surface area (Å²) in [6, 6.07) is 2.71. The fourth-order valence-electron chi connectivity index (χ4n) is 7.84. The average Bonchev–Trinajstić information content (AvgIpc) is 3.83. The highest BCUT2D eigenvalue weighted by Gasteiger charge is 2.37. The molecule has 0 aliphatic carbocycles. The van der Waals surface area contributed by atoms with Crippen LogP contribution in [0.15, 0.2) is 29.6 Å². The molecule has 1 aromatic carbocycles. The second-order valence-electron chi connectivity index (χ2n) is 18.4. The standard InChI is InChI=1S/C48H74FN9O10S3/c1-10-29(4)41(54-45(64)38-13-11-12-20-57(38)8)47(65)58(9)39(28(2)3)25-40(68-32(7)60)46-53-37(27-69-46)44(63)52-35(24-33-14-16-34(49)17-15-33)23-30(5)42(61)55-56-48(66)67-21-22-70-71-26-36(50)43(62)51-19-18-31(6)59/h14-17,27-30,35-36,38-41H,10-13,18-26,50H2,1-9H3,(H,51,62)(H,52,63)(H,54,64)(H,55,61)(H,56,66)/t29?,30-,35+,36-,38+,39+,40+,41-/m0/s1. The summed E-state index contributed by atoms with van der Waals surface area (Å²) >= 11 is 1.11. The van der Waals surface area contributed by atoms with Crippen molar-refractivity contribution >= 4 is 80.3 Å². The largest absolute Gasteiger partial charge is 0.455 e. The molecule has 8 atom stereocenters. The number of amides is 6. The number of hydrogen-bond acceptors (Lipinski definition) is 16. The minimum atomic E-state index is -0.931. The minimum absolute atomic E-state index is 0.00589. The molecular weight excluding hydrogens is 978 g/mol. The van der Waals surface area contributed by atoms with Gasteiger partial charge in [-0.25, -0.2) is 19.6 Å². The number of piperidine rings is 1. The molecule has 71 heavy (non-hydrogen) atoms. The normalized spacial score (nSPS) is 16.8. The van der Waals surface area contributed by atoms with E-state index >= 15 is 0 Å². The number of likely N-dealkylation sites (tertiary alicyclic amines) is 1. The number of ketones is 1. The lowest BCUT2D eigenvalue weighted by Crippen LogP contribution is -2.58. The zero-order valence-electron chi connectivity index (χ0n) is 42.4. The van der Waals surface area contributed by atoms with Crippen LogP contribution in [-0.2, 0) is 44.7 Å². The highest BCUT2D eigenvalue weighted by atomic mass is 33.1. The summed E-state index contributed by atoms with van der Waals surface area (Å²) in [5, 5.41) is 10.5. The summed E-state index contributed by atoms with van der Waals surface area (Å²) in [5.41, 5.74) is 11.1. The Kier molecular flexibility index (Phi) is 26.3. The number of carbonyl (C=O) groups is 8. The van der Waals surface area contributed by atoms with Gasteiger partial charge < -0.3 is 36.1 Å². The van der Waals surface area contributed by atoms with Crippen molar-refractivity contribution in [3.63, 3.8) is 0 Å². The van der Waals surface area contributed by atoms with E-state index in [2.05, 4.69) is 31.8 Å². The second-order valence-corrected chi connectivity index (χ2v) is 21.9. The summed E-state index contributed by atoms with van der Waals surface area (Å²) in [5.74, 6) is -3.39. The number of hydrazine groups is 1. The molecule has 2 aromatic rings. The van der Waals surface area contributed by atoms with Crippen molar-refractivity contribution in [1.29, 1.82) is 0 Å². The monoisotopic (exact) mass is 1050 g/mol. The van der Waals surface area contributed by atoms with Crippen molar-refractivity contribution in [2.45, 2.75) is 136 Å². The van der Waals surface area contributed by atoms with Gasteiger partial charge in [0, 0.05) is 68.2 Å². The van der Waals surface area contributed by atoms with Gasteiger partial charge in [-0.3, -0.25) is 43.9 Å². The highest BCUT2D eigenvalue weighted by Crippen LogP contribution is 2.31. The average molecular weight is 1050 g/mol. The highest BCUT2D eigenvalue weighted by molar-refractivity contribution is 8.76. The number of esters is 1. The Hall–Kier alpha value is -4.84. The molecule has 6 amide bonds. The van der Waals surface area contributed by atoms with Gasteiger partial charge in [0.2, 0.25) is 23.6 Å². The molecule has 2 heterocycles. The van der Waals surface area contributed by atoms with Gasteiger partial charge in [0.1, 0.15) is 35.0 Å². The van der Waals surface area contributed by atoms with Crippen molar-refractivity contribution in [2.75, 3.05) is 45.3 Å². The fraction of sp³-hybridized carbons (Fsp3) is 0.646. The van der Waals surface area contributed by atoms with Crippen LogP contribution in [0.3, 0.4) is 0 Å². The minimum Gasteiger partial charge on any atom is -0.455 e. The van der Waals surface area contributed by atoms with E-state index in [-0.39, 0.29) is 85.9 Å². The Morgan fingerprint density at radius 1 is 0.972 bits per heavy atom. The quantitative estimate of drug-likeness (QED) is 0.0292. The first-order valence-electron chi connectivity index (χ1n) is 24.1. The number of ether oxygens (including phenoxy) is 2. The van der Waals surface area contributed by atoms with Crippen molar-refractivity contribution < 1.29 is 52.2 Å². The first kappa shape index (κ1) is 60.5. The summed E-state index contributed by atoms with van der Waals surface area (Å²) < 4.78 is 24.8. The zero-order chi connectivity index (χ0) is 52.8. The molecule has 0 bridgehead atoms. The Labute approximate surface area is 428 Å². The van der Waals surface area contributed by atoms with Crippen molar-refractivity contribution in [2.24, 2.45) is 23.5 Å². The smallest absolute Gasteiger partial charge is 0.426 e. The van der Waals surface area contributed by atoms with Crippen LogP contribution in [0.5, 0.6) is 0 Å². The lowest BCUT2D eigenvalue weighted by Gasteiger charge is -2.38. The third-order valence-electron chi connectivity index (χ3n) is 12.2. The predicted octanol–water partition coefficient (Wildman–Crippen LogP) is 4.70. The molecule has 0 spiro atoms. The number of nitrogens with two attached hydrogens (primary N) is 1. The van der Waals surface area contributed by atoms with E-state index in [1.165, 1.54) is 52.9 Å². The van der Waals surface area contributed by atoms with Gasteiger partial charge in [0.25, 0.3) is 5.91 Å². The van der Waals surface area contributed by atoms with Crippen LogP contribution in [-0.4, -0.2) is 138 Å². The summed E-state index contributed by atoms with van der Waals surface area (Å²) in [6.07, 6.45) is 2.16. The van der Waals surface area contributed by atoms with Crippen LogP contribution in [0.2, 0.25) is 0 Å². The number of nitrogens with zero attached hydrogens (tertiary/aromatic N) is 3. The van der Waals surface area contributed by atoms with E-state index in [0.717, 1.165) is 30.7 Å². The van der Waals surface area contributed by atoms with Gasteiger partial charge >= 0.3 is 12.1 Å². The number of thiazole rings is 1. The van der Waals surface area contributed by atoms with E-state index in [4.69, 9.17) is 15.2 Å². The molecule has 0 saturated carbocycles. The molecule has 396 valence electrons. The van der Waals surface area contributed by atoms with Gasteiger partial charge in [-0.2, -0.15) is 0 Å². The van der Waals surface area contributed by atoms with Crippen molar-refractivity contribution in [3.8, 4) is 0 Å². The number of aromatic nitrogens is 1. The van der Waals surface area contributed by atoms with Crippen molar-refractivity contribution in [3.05, 3.63) is 51.7 Å². The van der Waals surface area contributed by atoms with E-state index in [9.17, 15) is 42.7 Å². The third-order valence-corrected chi connectivity index (χ3v) is 15.5. The van der Waals surface area contributed by atoms with E-state index in [0.29, 0.717) is 34.9 Å². The second kappa shape index (κ2) is 30.9. The summed E-state index contributed by atoms with van der Waals surface area (Å²) in [7, 11) is 6.26. The van der Waals surface area contributed by atoms with Crippen LogP contribution in [0.4, 0.5) is 9.18 Å². The van der Waals surface area contributed by atoms with E-state index in [1.54, 1.807) is 31.0 Å². The lowest BCUT2D eigenvalue weighted by atomic mass is 9.92. The Morgan fingerprint density at radius 2 is 1.68 bits per heavy atom. The number of nitrogens with one attached hydrogen (secondary N) is 5. The van der Waals surface area contributed by atoms with E-state index in [1.807, 2.05) is 39.6 Å². The molecule has 19 nitrogen and oxygen atoms in total. The topological polar surface area (TPSA) is 261 Å². The maximum Gasteiger partial charge on any atom is 0.426 e. The van der Waals surface area contributed by atoms with E-state index < -0.39 is 65.9 Å². The van der Waals surface area contributed by atoms with Crippen LogP contribution < -0.4 is 32.5 Å². The molecule has 1 aliphatic rings. The predicted molar refractivity (Wildman–Crippen MR) is 273 cm³/mol. The lowest BCUT2D eigenvalue weighted by molar-refractivity contribution is -0.149. The number of benzene rings is 1. The molecule has 0 radical (unpaired) electrons. The number of likely N-dealkylation sites (N-methyl/N-ethyl adjacent to an activating group) is 2. The van der Waals surface area contributed by atoms with Gasteiger partial charge in [0.05, 0.1) is 12.1 Å². The Balaban J connectivity index is 1.65. The molecule has 23 heteroatoms. The zero-order valence-corrected chi connectivity index (χ0v) is 44.8. The van der Waals surface area contributed by atoms with Gasteiger partial charge in [-0.15, -0.1) is 11.3 Å². The van der Waals surface area contributed by atoms with Crippen molar-refractivity contribution in [1.82, 2.24) is 41.6 Å².